The Kier molecular flexibility index (Phi) is 23.5. The molecule has 6 aromatic carbocycles. The molecule has 14 rings (SSSR count). The normalized spacial score (nSPS) is 15.4. The third-order valence-corrected chi connectivity index (χ3v) is 18.3. The Balaban J connectivity index is 0.000000143. The molecule has 4 saturated heterocycles. The SMILES string of the molecule is Cc1ccc(-n2nc(C3(C)COC3)cc2NC(=O)Nc2ccc(Oc3ccccc3)cc2F)cc1.Cc1ccc(-n2nc(C3(C)COC3)cc2NC(=O)Nc2ncc(CCN3CCOCC3)s2)cc1.Nc1ccc(Oc2ccccc2)cc1F.Nc1ncc(CCN2CCOCC2)s1. The highest BCUT2D eigenvalue weighted by molar-refractivity contribution is 7.15. The largest absolute Gasteiger partial charge is 0.457 e. The van der Waals surface area contributed by atoms with E-state index in [-0.39, 0.29) is 28.2 Å². The predicted octanol–water partition coefficient (Wildman–Crippen LogP) is 13.3. The molecule has 0 radical (unpaired) electrons. The Hall–Kier alpha value is -9.64. The van der Waals surface area contributed by atoms with Crippen molar-refractivity contribution in [2.75, 3.05) is 125 Å². The maximum atomic E-state index is 14.7. The van der Waals surface area contributed by atoms with Crippen molar-refractivity contribution < 1.29 is 46.8 Å². The molecule has 98 heavy (non-hydrogen) atoms. The summed E-state index contributed by atoms with van der Waals surface area (Å²) in [6.07, 6.45) is 5.67. The second-order valence-corrected chi connectivity index (χ2v) is 26.7. The summed E-state index contributed by atoms with van der Waals surface area (Å²) in [4.78, 5) is 41.3. The molecule has 0 bridgehead atoms. The van der Waals surface area contributed by atoms with Gasteiger partial charge in [-0.15, -0.1) is 22.7 Å². The molecule has 0 spiro atoms. The number of benzene rings is 6. The van der Waals surface area contributed by atoms with Crippen molar-refractivity contribution in [1.82, 2.24) is 39.3 Å². The average Bonchev–Trinajstić information content (AvgIpc) is 1.64. The first-order valence-electron chi connectivity index (χ1n) is 32.2. The quantitative estimate of drug-likeness (QED) is 0.0437. The molecule has 4 amide bonds. The molecule has 8 N–H and O–H groups in total. The molecule has 0 atom stereocenters. The number of hydrogen-bond donors (Lipinski definition) is 6. The van der Waals surface area contributed by atoms with Gasteiger partial charge in [-0.05, 0) is 113 Å². The van der Waals surface area contributed by atoms with Gasteiger partial charge in [-0.3, -0.25) is 25.8 Å². The first kappa shape index (κ1) is 69.7. The number of nitrogens with zero attached hydrogens (tertiary/aromatic N) is 8. The van der Waals surface area contributed by atoms with E-state index in [0.29, 0.717) is 71.3 Å². The van der Waals surface area contributed by atoms with Crippen LogP contribution in [-0.2, 0) is 42.6 Å². The van der Waals surface area contributed by atoms with Gasteiger partial charge in [0.25, 0.3) is 0 Å². The van der Waals surface area contributed by atoms with E-state index in [4.69, 9.17) is 50.1 Å². The van der Waals surface area contributed by atoms with Crippen LogP contribution in [0, 0.1) is 25.5 Å². The number of carbonyl (C=O) groups is 2. The number of nitrogens with two attached hydrogens (primary N) is 2. The Morgan fingerprint density at radius 2 is 0.969 bits per heavy atom. The van der Waals surface area contributed by atoms with Crippen molar-refractivity contribution in [2.24, 2.45) is 0 Å². The molecule has 4 fully saturated rings. The zero-order valence-electron chi connectivity index (χ0n) is 55.1. The molecule has 4 aromatic heterocycles. The van der Waals surface area contributed by atoms with Crippen LogP contribution in [0.4, 0.5) is 51.6 Å². The number of nitrogens with one attached hydrogen (secondary N) is 4. The highest BCUT2D eigenvalue weighted by Crippen LogP contribution is 2.36. The first-order chi connectivity index (χ1) is 47.5. The van der Waals surface area contributed by atoms with Gasteiger partial charge in [0.15, 0.2) is 10.3 Å². The molecule has 0 aliphatic carbocycles. The number of thiazole rings is 2. The molecular weight excluding hydrogens is 1290 g/mol. The van der Waals surface area contributed by atoms with Crippen LogP contribution in [0.15, 0.2) is 170 Å². The lowest BCUT2D eigenvalue weighted by atomic mass is 9.85. The number of hydrogen-bond acceptors (Lipinski definition) is 18. The Morgan fingerprint density at radius 1 is 0.520 bits per heavy atom. The van der Waals surface area contributed by atoms with E-state index in [2.05, 4.69) is 54.9 Å². The van der Waals surface area contributed by atoms with E-state index in [1.165, 1.54) is 40.5 Å². The molecule has 26 heteroatoms. The van der Waals surface area contributed by atoms with Crippen LogP contribution < -0.4 is 42.2 Å². The van der Waals surface area contributed by atoms with Gasteiger partial charge >= 0.3 is 12.1 Å². The lowest BCUT2D eigenvalue weighted by Crippen LogP contribution is -2.44. The van der Waals surface area contributed by atoms with Crippen molar-refractivity contribution in [2.45, 2.75) is 51.4 Å². The molecule has 0 saturated carbocycles. The molecule has 8 heterocycles. The summed E-state index contributed by atoms with van der Waals surface area (Å²) < 4.78 is 63.8. The van der Waals surface area contributed by atoms with Crippen molar-refractivity contribution >= 4 is 68.0 Å². The number of anilines is 6. The van der Waals surface area contributed by atoms with Crippen LogP contribution in [0.1, 0.15) is 46.1 Å². The predicted molar refractivity (Wildman–Crippen MR) is 379 cm³/mol. The maximum absolute atomic E-state index is 14.7. The number of para-hydroxylation sites is 2. The molecule has 4 aliphatic rings. The Morgan fingerprint density at radius 3 is 1.41 bits per heavy atom. The number of rotatable bonds is 18. The van der Waals surface area contributed by atoms with Crippen molar-refractivity contribution in [1.29, 1.82) is 0 Å². The van der Waals surface area contributed by atoms with Crippen molar-refractivity contribution in [3.8, 4) is 34.4 Å². The Labute approximate surface area is 575 Å². The molecule has 4 aliphatic heterocycles. The van der Waals surface area contributed by atoms with Crippen LogP contribution in [0.3, 0.4) is 0 Å². The van der Waals surface area contributed by atoms with Crippen molar-refractivity contribution in [3.05, 3.63) is 214 Å². The second kappa shape index (κ2) is 33.1. The number of ether oxygens (including phenoxy) is 6. The zero-order chi connectivity index (χ0) is 68.4. The fourth-order valence-corrected chi connectivity index (χ4v) is 12.0. The summed E-state index contributed by atoms with van der Waals surface area (Å²) in [6, 6.07) is 45.6. The van der Waals surface area contributed by atoms with Gasteiger partial charge in [0, 0.05) is 85.7 Å². The van der Waals surface area contributed by atoms with Gasteiger partial charge in [-0.25, -0.2) is 37.7 Å². The van der Waals surface area contributed by atoms with Crippen LogP contribution in [-0.4, -0.2) is 144 Å². The third kappa shape index (κ3) is 19.3. The smallest absolute Gasteiger partial charge is 0.326 e. The topological polar surface area (TPSA) is 258 Å². The van der Waals surface area contributed by atoms with Gasteiger partial charge < -0.3 is 45.2 Å². The highest BCUT2D eigenvalue weighted by Gasteiger charge is 2.40. The van der Waals surface area contributed by atoms with E-state index in [1.807, 2.05) is 123 Å². The minimum absolute atomic E-state index is 0.0314. The summed E-state index contributed by atoms with van der Waals surface area (Å²) >= 11 is 3.09. The van der Waals surface area contributed by atoms with Crippen LogP contribution >= 0.6 is 22.7 Å². The highest BCUT2D eigenvalue weighted by atomic mass is 32.1. The maximum Gasteiger partial charge on any atom is 0.326 e. The summed E-state index contributed by atoms with van der Waals surface area (Å²) in [5.41, 5.74) is 16.4. The average molecular weight is 1370 g/mol. The lowest BCUT2D eigenvalue weighted by molar-refractivity contribution is -0.0522. The number of urea groups is 2. The minimum atomic E-state index is -0.611. The molecule has 10 aromatic rings. The third-order valence-electron chi connectivity index (χ3n) is 16.4. The molecule has 512 valence electrons. The van der Waals surface area contributed by atoms with Gasteiger partial charge in [-0.1, -0.05) is 71.8 Å². The van der Waals surface area contributed by atoms with E-state index in [0.717, 1.165) is 117 Å². The standard InChI is InChI=1S/C27H25FN4O3.C24H30N6O3S.C12H10FNO.C9H15N3OS/c1-18-8-10-19(11-9-18)32-25(15-24(31-32)27(2)16-34-17-27)30-26(33)29-23-13-12-21(14-22(23)28)35-20-6-4-3-5-7-20;1-17-3-5-18(6-4-17)30-21(13-20(28-30)24(2)15-33-16-24)26-22(31)27-23-25-14-19(34-23)7-8-29-9-11-32-12-10-29;13-11-8-10(6-7-12(11)14)15-9-4-2-1-3-5-9;10-9-11-7-8(14-9)1-2-12-3-5-13-6-4-12/h3-15H,16-17H2,1-2H3,(H2,29,30,33);3-6,13-14H,7-12,15-16H2,1-2H3,(H2,25,26,27,31);1-8H,14H2;7H,1-6H2,(H2,10,11). The van der Waals surface area contributed by atoms with Gasteiger partial charge in [0.05, 0.1) is 97.8 Å². The number of nitrogen functional groups attached to an aromatic ring is 2. The fraction of sp³-hybridized carbons (Fsp3) is 0.306. The van der Waals surface area contributed by atoms with E-state index >= 15 is 0 Å². The number of aromatic nitrogens is 6. The summed E-state index contributed by atoms with van der Waals surface area (Å²) in [5.74, 6) is 2.03. The zero-order valence-corrected chi connectivity index (χ0v) is 56.7. The number of amides is 4. The number of aryl methyl sites for hydroxylation is 2. The summed E-state index contributed by atoms with van der Waals surface area (Å²) in [7, 11) is 0. The van der Waals surface area contributed by atoms with E-state index in [9.17, 15) is 18.4 Å². The van der Waals surface area contributed by atoms with Crippen LogP contribution in [0.25, 0.3) is 11.4 Å². The van der Waals surface area contributed by atoms with E-state index in [1.54, 1.807) is 57.1 Å². The summed E-state index contributed by atoms with van der Waals surface area (Å²) in [5, 5.41) is 22.0. The number of carbonyl (C=O) groups excluding carboxylic acids is 2. The fourth-order valence-electron chi connectivity index (χ4n) is 10.5. The molecule has 0 unspecified atom stereocenters. The van der Waals surface area contributed by atoms with E-state index < -0.39 is 17.7 Å². The summed E-state index contributed by atoms with van der Waals surface area (Å²) in [6.45, 7) is 20.0. The van der Waals surface area contributed by atoms with Gasteiger partial charge in [-0.2, -0.15) is 10.2 Å². The van der Waals surface area contributed by atoms with Gasteiger partial charge in [0.2, 0.25) is 0 Å². The Bertz CT molecular complexity index is 4210. The van der Waals surface area contributed by atoms with Crippen LogP contribution in [0.5, 0.6) is 23.0 Å². The minimum Gasteiger partial charge on any atom is -0.457 e. The molecular formula is C72H80F2N14O8S2. The second-order valence-electron chi connectivity index (χ2n) is 24.4. The first-order valence-corrected chi connectivity index (χ1v) is 33.8. The number of halogens is 2. The monoisotopic (exact) mass is 1370 g/mol. The lowest BCUT2D eigenvalue weighted by Gasteiger charge is -2.36. The van der Waals surface area contributed by atoms with Gasteiger partial charge in [0.1, 0.15) is 46.3 Å². The van der Waals surface area contributed by atoms with Crippen LogP contribution in [0.2, 0.25) is 0 Å². The molecule has 22 nitrogen and oxygen atoms in total. The number of morpholine rings is 2. The van der Waals surface area contributed by atoms with Crippen molar-refractivity contribution in [3.63, 3.8) is 0 Å².